The maximum Gasteiger partial charge on any atom is 0.368 e. The van der Waals surface area contributed by atoms with E-state index in [9.17, 15) is 4.79 Å². The fourth-order valence-corrected chi connectivity index (χ4v) is 3.42. The Bertz CT molecular complexity index is 1290. The molecule has 0 N–H and O–H groups in total. The van der Waals surface area contributed by atoms with Gasteiger partial charge in [-0.3, -0.25) is 0 Å². The molecule has 0 unspecified atom stereocenters. The molecule has 0 radical (unpaired) electrons. The van der Waals surface area contributed by atoms with Crippen LogP contribution in [0.3, 0.4) is 0 Å². The van der Waals surface area contributed by atoms with Gasteiger partial charge in [-0.1, -0.05) is 30.3 Å². The second-order valence-electron chi connectivity index (χ2n) is 7.25. The summed E-state index contributed by atoms with van der Waals surface area (Å²) in [7, 11) is 4.78. The normalized spacial score (nSPS) is 10.8. The SMILES string of the molecule is COc1ccc(-c2ccc(C)c(OCc3c(OC)cccc3-n3nnn(C)c3=O)c2)cc1. The van der Waals surface area contributed by atoms with Gasteiger partial charge in [-0.15, -0.1) is 0 Å². The molecule has 0 aliphatic heterocycles. The van der Waals surface area contributed by atoms with Crippen molar-refractivity contribution in [3.05, 3.63) is 82.3 Å². The van der Waals surface area contributed by atoms with Crippen molar-refractivity contribution < 1.29 is 14.2 Å². The maximum atomic E-state index is 12.4. The number of benzene rings is 3. The van der Waals surface area contributed by atoms with E-state index in [1.165, 1.54) is 9.36 Å². The van der Waals surface area contributed by atoms with E-state index >= 15 is 0 Å². The largest absolute Gasteiger partial charge is 0.497 e. The number of rotatable bonds is 7. The first-order valence-corrected chi connectivity index (χ1v) is 10.0. The van der Waals surface area contributed by atoms with Gasteiger partial charge in [-0.2, -0.15) is 9.36 Å². The Labute approximate surface area is 185 Å². The highest BCUT2D eigenvalue weighted by Gasteiger charge is 2.16. The molecule has 8 heteroatoms. The van der Waals surface area contributed by atoms with E-state index in [2.05, 4.69) is 16.5 Å². The van der Waals surface area contributed by atoms with Gasteiger partial charge in [-0.25, -0.2) is 4.79 Å². The minimum atomic E-state index is -0.350. The van der Waals surface area contributed by atoms with Crippen LogP contribution in [0.15, 0.2) is 65.5 Å². The zero-order valence-electron chi connectivity index (χ0n) is 18.4. The average molecular weight is 432 g/mol. The molecular formula is C24H24N4O4. The third-order valence-corrected chi connectivity index (χ3v) is 5.26. The highest BCUT2D eigenvalue weighted by Crippen LogP contribution is 2.31. The Hall–Kier alpha value is -4.07. The zero-order valence-corrected chi connectivity index (χ0v) is 18.4. The molecule has 164 valence electrons. The molecule has 0 fully saturated rings. The van der Waals surface area contributed by atoms with Crippen molar-refractivity contribution in [1.29, 1.82) is 0 Å². The van der Waals surface area contributed by atoms with Gasteiger partial charge in [0.15, 0.2) is 0 Å². The Balaban J connectivity index is 1.66. The number of nitrogens with zero attached hydrogens (tertiary/aromatic N) is 4. The molecule has 0 amide bonds. The lowest BCUT2D eigenvalue weighted by Crippen LogP contribution is -2.23. The average Bonchev–Trinajstić information content (AvgIpc) is 3.16. The van der Waals surface area contributed by atoms with Crippen molar-refractivity contribution in [3.63, 3.8) is 0 Å². The van der Waals surface area contributed by atoms with Gasteiger partial charge in [0.1, 0.15) is 23.9 Å². The molecule has 32 heavy (non-hydrogen) atoms. The van der Waals surface area contributed by atoms with Crippen LogP contribution >= 0.6 is 0 Å². The van der Waals surface area contributed by atoms with E-state index < -0.39 is 0 Å². The van der Waals surface area contributed by atoms with Crippen molar-refractivity contribution in [3.8, 4) is 34.1 Å². The van der Waals surface area contributed by atoms with Gasteiger partial charge < -0.3 is 14.2 Å². The van der Waals surface area contributed by atoms with E-state index in [0.717, 1.165) is 28.2 Å². The van der Waals surface area contributed by atoms with Crippen LogP contribution in [0, 0.1) is 6.92 Å². The molecule has 0 saturated heterocycles. The second kappa shape index (κ2) is 8.97. The number of ether oxygens (including phenoxy) is 3. The fourth-order valence-electron chi connectivity index (χ4n) is 3.42. The lowest BCUT2D eigenvalue weighted by Gasteiger charge is -2.16. The Morgan fingerprint density at radius 3 is 2.28 bits per heavy atom. The summed E-state index contributed by atoms with van der Waals surface area (Å²) >= 11 is 0. The number of aryl methyl sites for hydroxylation is 2. The summed E-state index contributed by atoms with van der Waals surface area (Å²) in [5, 5.41) is 7.76. The van der Waals surface area contributed by atoms with Crippen molar-refractivity contribution in [1.82, 2.24) is 19.8 Å². The predicted octanol–water partition coefficient (Wildman–Crippen LogP) is 3.54. The minimum absolute atomic E-state index is 0.190. The van der Waals surface area contributed by atoms with Crippen molar-refractivity contribution in [2.45, 2.75) is 13.5 Å². The summed E-state index contributed by atoms with van der Waals surface area (Å²) < 4.78 is 19.4. The molecule has 3 aromatic carbocycles. The van der Waals surface area contributed by atoms with Crippen LogP contribution in [0.1, 0.15) is 11.1 Å². The molecule has 0 aliphatic rings. The number of aromatic nitrogens is 4. The Morgan fingerprint density at radius 1 is 0.875 bits per heavy atom. The highest BCUT2D eigenvalue weighted by molar-refractivity contribution is 5.66. The molecule has 0 aliphatic carbocycles. The summed E-state index contributed by atoms with van der Waals surface area (Å²) in [5.41, 5.74) is 3.99. The summed E-state index contributed by atoms with van der Waals surface area (Å²) in [6.07, 6.45) is 0. The minimum Gasteiger partial charge on any atom is -0.497 e. The van der Waals surface area contributed by atoms with E-state index in [1.807, 2.05) is 49.4 Å². The van der Waals surface area contributed by atoms with Crippen molar-refractivity contribution in [2.75, 3.05) is 14.2 Å². The van der Waals surface area contributed by atoms with Crippen LogP contribution in [-0.2, 0) is 13.7 Å². The highest BCUT2D eigenvalue weighted by atomic mass is 16.5. The topological polar surface area (TPSA) is 80.4 Å². The first-order chi connectivity index (χ1) is 15.5. The third kappa shape index (κ3) is 4.07. The quantitative estimate of drug-likeness (QED) is 0.444. The standard InChI is InChI=1S/C24H24N4O4/c1-16-8-9-18(17-10-12-19(30-3)13-11-17)14-23(16)32-15-20-21(6-5-7-22(20)31-4)28-24(29)27(2)25-26-28/h5-14H,15H2,1-4H3. The molecule has 1 heterocycles. The van der Waals surface area contributed by atoms with Gasteiger partial charge >= 0.3 is 5.69 Å². The summed E-state index contributed by atoms with van der Waals surface area (Å²) in [6, 6.07) is 19.4. The van der Waals surface area contributed by atoms with Gasteiger partial charge in [0.2, 0.25) is 0 Å². The number of methoxy groups -OCH3 is 2. The molecule has 1 aromatic heterocycles. The Morgan fingerprint density at radius 2 is 1.62 bits per heavy atom. The lowest BCUT2D eigenvalue weighted by atomic mass is 10.0. The summed E-state index contributed by atoms with van der Waals surface area (Å²) in [5.74, 6) is 2.14. The van der Waals surface area contributed by atoms with E-state index in [-0.39, 0.29) is 12.3 Å². The third-order valence-electron chi connectivity index (χ3n) is 5.26. The van der Waals surface area contributed by atoms with Crippen LogP contribution in [0.4, 0.5) is 0 Å². The number of tetrazole rings is 1. The van der Waals surface area contributed by atoms with Crippen LogP contribution in [0.25, 0.3) is 16.8 Å². The van der Waals surface area contributed by atoms with Gasteiger partial charge in [-0.05, 0) is 64.4 Å². The molecular weight excluding hydrogens is 408 g/mol. The molecule has 0 spiro atoms. The molecule has 0 bridgehead atoms. The van der Waals surface area contributed by atoms with Crippen LogP contribution in [0.5, 0.6) is 17.2 Å². The lowest BCUT2D eigenvalue weighted by molar-refractivity contribution is 0.294. The molecule has 0 saturated carbocycles. The van der Waals surface area contributed by atoms with E-state index in [0.29, 0.717) is 17.0 Å². The van der Waals surface area contributed by atoms with Gasteiger partial charge in [0, 0.05) is 7.05 Å². The summed E-state index contributed by atoms with van der Waals surface area (Å²) in [6.45, 7) is 2.18. The second-order valence-corrected chi connectivity index (χ2v) is 7.25. The van der Waals surface area contributed by atoms with E-state index in [1.54, 1.807) is 33.4 Å². The van der Waals surface area contributed by atoms with Crippen LogP contribution < -0.4 is 19.9 Å². The maximum absolute atomic E-state index is 12.4. The molecule has 0 atom stereocenters. The van der Waals surface area contributed by atoms with Gasteiger partial charge in [0.25, 0.3) is 0 Å². The summed E-state index contributed by atoms with van der Waals surface area (Å²) in [4.78, 5) is 12.4. The van der Waals surface area contributed by atoms with Crippen LogP contribution in [0.2, 0.25) is 0 Å². The molecule has 8 nitrogen and oxygen atoms in total. The number of hydrogen-bond acceptors (Lipinski definition) is 6. The zero-order chi connectivity index (χ0) is 22.7. The fraction of sp³-hybridized carbons (Fsp3) is 0.208. The first kappa shape index (κ1) is 21.2. The Kier molecular flexibility index (Phi) is 5.93. The molecule has 4 rings (SSSR count). The van der Waals surface area contributed by atoms with Crippen molar-refractivity contribution in [2.24, 2.45) is 7.05 Å². The predicted molar refractivity (Wildman–Crippen MR) is 121 cm³/mol. The van der Waals surface area contributed by atoms with Crippen molar-refractivity contribution >= 4 is 0 Å². The number of hydrogen-bond donors (Lipinski definition) is 0. The van der Waals surface area contributed by atoms with Crippen LogP contribution in [-0.4, -0.2) is 34.0 Å². The first-order valence-electron chi connectivity index (χ1n) is 10.0. The smallest absolute Gasteiger partial charge is 0.368 e. The van der Waals surface area contributed by atoms with E-state index in [4.69, 9.17) is 14.2 Å². The van der Waals surface area contributed by atoms with Gasteiger partial charge in [0.05, 0.1) is 25.5 Å². The monoisotopic (exact) mass is 432 g/mol. The molecule has 4 aromatic rings.